The first kappa shape index (κ1) is 19.7. The summed E-state index contributed by atoms with van der Waals surface area (Å²) in [4.78, 5) is 4.64. The number of rotatable bonds is 7. The first-order valence-electron chi connectivity index (χ1n) is 10.2. The molecule has 0 unspecified atom stereocenters. The fourth-order valence-electron chi connectivity index (χ4n) is 3.80. The maximum absolute atomic E-state index is 10.1. The number of aliphatic hydroxyl groups excluding tert-OH is 1. The summed E-state index contributed by atoms with van der Waals surface area (Å²) in [5.74, 6) is 1.28. The molecule has 27 heavy (non-hydrogen) atoms. The Labute approximate surface area is 162 Å². The average Bonchev–Trinajstić information content (AvgIpc) is 2.96. The lowest BCUT2D eigenvalue weighted by Gasteiger charge is -2.24. The first-order valence-corrected chi connectivity index (χ1v) is 10.2. The lowest BCUT2D eigenvalue weighted by atomic mass is 10.1. The van der Waals surface area contributed by atoms with E-state index < -0.39 is 0 Å². The molecule has 0 spiro atoms. The third kappa shape index (κ3) is 5.01. The van der Waals surface area contributed by atoms with Gasteiger partial charge in [0.25, 0.3) is 0 Å². The number of pyridine rings is 1. The van der Waals surface area contributed by atoms with Crippen LogP contribution in [0.4, 0.5) is 0 Å². The second kappa shape index (κ2) is 9.75. The highest BCUT2D eigenvalue weighted by molar-refractivity contribution is 5.48. The Kier molecular flexibility index (Phi) is 7.11. The van der Waals surface area contributed by atoms with Gasteiger partial charge in [0.05, 0.1) is 18.3 Å². The van der Waals surface area contributed by atoms with Crippen LogP contribution in [0.1, 0.15) is 67.8 Å². The van der Waals surface area contributed by atoms with Gasteiger partial charge < -0.3 is 14.6 Å². The molecule has 0 bridgehead atoms. The van der Waals surface area contributed by atoms with Crippen molar-refractivity contribution in [2.45, 2.75) is 78.1 Å². The van der Waals surface area contributed by atoms with Crippen LogP contribution in [0.5, 0.6) is 11.6 Å². The molecule has 1 N–H and O–H groups in total. The SMILES string of the molecule is CCc1c(C)nc(OCc2ccccc2)c(CO)c1OC1CCCCCC1. The number of nitrogens with zero attached hydrogens (tertiary/aromatic N) is 1. The number of ether oxygens (including phenoxy) is 2. The highest BCUT2D eigenvalue weighted by Gasteiger charge is 2.23. The molecule has 1 saturated carbocycles. The number of hydrogen-bond donors (Lipinski definition) is 1. The van der Waals surface area contributed by atoms with Crippen LogP contribution in [0.25, 0.3) is 0 Å². The third-order valence-corrected chi connectivity index (χ3v) is 5.33. The normalized spacial score (nSPS) is 15.4. The van der Waals surface area contributed by atoms with Crippen LogP contribution in [0.2, 0.25) is 0 Å². The molecule has 1 fully saturated rings. The summed E-state index contributed by atoms with van der Waals surface area (Å²) in [6.07, 6.45) is 8.19. The molecule has 1 heterocycles. The second-order valence-corrected chi connectivity index (χ2v) is 7.31. The summed E-state index contributed by atoms with van der Waals surface area (Å²) >= 11 is 0. The summed E-state index contributed by atoms with van der Waals surface area (Å²) in [5.41, 5.74) is 3.75. The third-order valence-electron chi connectivity index (χ3n) is 5.33. The molecule has 3 rings (SSSR count). The minimum atomic E-state index is -0.132. The molecular weight excluding hydrogens is 338 g/mol. The monoisotopic (exact) mass is 369 g/mol. The molecule has 0 atom stereocenters. The van der Waals surface area contributed by atoms with Crippen molar-refractivity contribution in [3.05, 3.63) is 52.7 Å². The Bertz CT molecular complexity index is 722. The van der Waals surface area contributed by atoms with E-state index in [-0.39, 0.29) is 12.7 Å². The summed E-state index contributed by atoms with van der Waals surface area (Å²) in [6.45, 7) is 4.39. The molecule has 1 aromatic carbocycles. The number of aryl methyl sites for hydroxylation is 1. The predicted octanol–water partition coefficient (Wildman–Crippen LogP) is 5.13. The largest absolute Gasteiger partial charge is 0.489 e. The number of aromatic nitrogens is 1. The van der Waals surface area contributed by atoms with Gasteiger partial charge in [0, 0.05) is 11.3 Å². The zero-order chi connectivity index (χ0) is 19.1. The van der Waals surface area contributed by atoms with Gasteiger partial charge in [-0.2, -0.15) is 0 Å². The van der Waals surface area contributed by atoms with E-state index in [0.29, 0.717) is 18.1 Å². The van der Waals surface area contributed by atoms with Crippen molar-refractivity contribution in [3.63, 3.8) is 0 Å². The lowest BCUT2D eigenvalue weighted by molar-refractivity contribution is 0.170. The molecule has 4 heteroatoms. The van der Waals surface area contributed by atoms with Gasteiger partial charge in [-0.05, 0) is 44.6 Å². The molecule has 1 aromatic heterocycles. The second-order valence-electron chi connectivity index (χ2n) is 7.31. The highest BCUT2D eigenvalue weighted by Crippen LogP contribution is 2.36. The van der Waals surface area contributed by atoms with E-state index in [9.17, 15) is 5.11 Å². The quantitative estimate of drug-likeness (QED) is 0.688. The van der Waals surface area contributed by atoms with Crippen molar-refractivity contribution in [1.29, 1.82) is 0 Å². The Morgan fingerprint density at radius 2 is 1.74 bits per heavy atom. The van der Waals surface area contributed by atoms with E-state index in [1.165, 1.54) is 25.7 Å². The van der Waals surface area contributed by atoms with Gasteiger partial charge in [0.2, 0.25) is 5.88 Å². The molecule has 4 nitrogen and oxygen atoms in total. The Morgan fingerprint density at radius 3 is 2.37 bits per heavy atom. The minimum absolute atomic E-state index is 0.132. The molecule has 0 aliphatic heterocycles. The van der Waals surface area contributed by atoms with Crippen molar-refractivity contribution in [3.8, 4) is 11.6 Å². The minimum Gasteiger partial charge on any atom is -0.489 e. The number of hydrogen-bond acceptors (Lipinski definition) is 4. The van der Waals surface area contributed by atoms with Gasteiger partial charge in [0.1, 0.15) is 12.4 Å². The zero-order valence-corrected chi connectivity index (χ0v) is 16.5. The number of aliphatic hydroxyl groups is 1. The van der Waals surface area contributed by atoms with Crippen molar-refractivity contribution in [2.75, 3.05) is 0 Å². The van der Waals surface area contributed by atoms with E-state index in [2.05, 4.69) is 11.9 Å². The zero-order valence-electron chi connectivity index (χ0n) is 16.5. The smallest absolute Gasteiger partial charge is 0.223 e. The highest BCUT2D eigenvalue weighted by atomic mass is 16.5. The van der Waals surface area contributed by atoms with E-state index >= 15 is 0 Å². The Hall–Kier alpha value is -2.07. The van der Waals surface area contributed by atoms with Crippen molar-refractivity contribution >= 4 is 0 Å². The average molecular weight is 370 g/mol. The maximum atomic E-state index is 10.1. The summed E-state index contributed by atoms with van der Waals surface area (Å²) in [6, 6.07) is 10.0. The summed E-state index contributed by atoms with van der Waals surface area (Å²) in [5, 5.41) is 10.1. The van der Waals surface area contributed by atoms with Gasteiger partial charge in [-0.25, -0.2) is 4.98 Å². The van der Waals surface area contributed by atoms with Gasteiger partial charge in [-0.3, -0.25) is 0 Å². The molecule has 1 aliphatic carbocycles. The van der Waals surface area contributed by atoms with Crippen molar-refractivity contribution < 1.29 is 14.6 Å². The van der Waals surface area contributed by atoms with Crippen LogP contribution in [-0.4, -0.2) is 16.2 Å². The van der Waals surface area contributed by atoms with Gasteiger partial charge in [0.15, 0.2) is 0 Å². The van der Waals surface area contributed by atoms with Crippen LogP contribution in [0.3, 0.4) is 0 Å². The lowest BCUT2D eigenvalue weighted by Crippen LogP contribution is -2.18. The number of benzene rings is 1. The van der Waals surface area contributed by atoms with E-state index in [1.807, 2.05) is 37.3 Å². The summed E-state index contributed by atoms with van der Waals surface area (Å²) in [7, 11) is 0. The maximum Gasteiger partial charge on any atom is 0.223 e. The molecule has 0 radical (unpaired) electrons. The fraction of sp³-hybridized carbons (Fsp3) is 0.522. The van der Waals surface area contributed by atoms with Crippen LogP contribution in [0.15, 0.2) is 30.3 Å². The van der Waals surface area contributed by atoms with Crippen LogP contribution >= 0.6 is 0 Å². The predicted molar refractivity (Wildman–Crippen MR) is 107 cm³/mol. The molecule has 146 valence electrons. The summed E-state index contributed by atoms with van der Waals surface area (Å²) < 4.78 is 12.5. The molecule has 2 aromatic rings. The van der Waals surface area contributed by atoms with E-state index in [4.69, 9.17) is 9.47 Å². The molecule has 1 aliphatic rings. The first-order chi connectivity index (χ1) is 13.2. The Balaban J connectivity index is 1.88. The topological polar surface area (TPSA) is 51.6 Å². The molecule has 0 amide bonds. The van der Waals surface area contributed by atoms with E-state index in [1.54, 1.807) is 0 Å². The van der Waals surface area contributed by atoms with Gasteiger partial charge in [-0.15, -0.1) is 0 Å². The van der Waals surface area contributed by atoms with Gasteiger partial charge >= 0.3 is 0 Å². The van der Waals surface area contributed by atoms with Crippen LogP contribution < -0.4 is 9.47 Å². The Morgan fingerprint density at radius 1 is 1.04 bits per heavy atom. The van der Waals surface area contributed by atoms with E-state index in [0.717, 1.165) is 41.8 Å². The van der Waals surface area contributed by atoms with Crippen LogP contribution in [0, 0.1) is 6.92 Å². The van der Waals surface area contributed by atoms with Crippen LogP contribution in [-0.2, 0) is 19.6 Å². The molecular formula is C23H31NO3. The van der Waals surface area contributed by atoms with Crippen molar-refractivity contribution in [2.24, 2.45) is 0 Å². The van der Waals surface area contributed by atoms with Gasteiger partial charge in [-0.1, -0.05) is 50.1 Å². The molecule has 0 saturated heterocycles. The standard InChI is InChI=1S/C23H31NO3/c1-3-20-17(2)24-23(26-16-18-11-7-6-8-12-18)21(15-25)22(20)27-19-13-9-4-5-10-14-19/h6-8,11-12,19,25H,3-5,9-10,13-16H2,1-2H3. The van der Waals surface area contributed by atoms with Crippen molar-refractivity contribution in [1.82, 2.24) is 4.98 Å². The fourth-order valence-corrected chi connectivity index (χ4v) is 3.80.